The molecule has 0 fully saturated rings. The van der Waals surface area contributed by atoms with Crippen LogP contribution >= 0.6 is 0 Å². The van der Waals surface area contributed by atoms with Crippen molar-refractivity contribution >= 4 is 21.7 Å². The lowest BCUT2D eigenvalue weighted by Gasteiger charge is -2.30. The molecule has 0 aliphatic carbocycles. The molecule has 9 heteroatoms. The van der Waals surface area contributed by atoms with E-state index in [0.29, 0.717) is 11.1 Å². The average Bonchev–Trinajstić information content (AvgIpc) is 2.85. The zero-order valence-corrected chi connectivity index (χ0v) is 21.8. The van der Waals surface area contributed by atoms with Gasteiger partial charge in [-0.1, -0.05) is 54.1 Å². The van der Waals surface area contributed by atoms with Crippen LogP contribution in [0.4, 0.5) is 4.39 Å². The highest BCUT2D eigenvalue weighted by Gasteiger charge is 2.32. The number of ketones is 1. The van der Waals surface area contributed by atoms with Crippen LogP contribution < -0.4 is 5.32 Å². The number of nitrogens with one attached hydrogen (secondary N) is 1. The molecule has 0 spiro atoms. The first-order chi connectivity index (χ1) is 17.5. The van der Waals surface area contributed by atoms with E-state index in [0.717, 1.165) is 27.6 Å². The van der Waals surface area contributed by atoms with Gasteiger partial charge in [-0.15, -0.1) is 0 Å². The first-order valence-electron chi connectivity index (χ1n) is 11.8. The third-order valence-electron chi connectivity index (χ3n) is 5.92. The number of carbonyl (C=O) groups excluding carboxylic acids is 2. The van der Waals surface area contributed by atoms with Crippen molar-refractivity contribution in [3.63, 3.8) is 0 Å². The minimum Gasteiger partial charge on any atom is -0.390 e. The Balaban J connectivity index is 1.93. The third kappa shape index (κ3) is 7.55. The van der Waals surface area contributed by atoms with Gasteiger partial charge < -0.3 is 10.4 Å². The third-order valence-corrected chi connectivity index (χ3v) is 7.87. The van der Waals surface area contributed by atoms with E-state index in [1.165, 1.54) is 19.9 Å². The van der Waals surface area contributed by atoms with Gasteiger partial charge in [0.15, 0.2) is 0 Å². The quantitative estimate of drug-likeness (QED) is 0.399. The Hall–Kier alpha value is -3.40. The lowest BCUT2D eigenvalue weighted by Crippen LogP contribution is -2.51. The van der Waals surface area contributed by atoms with E-state index in [-0.39, 0.29) is 11.3 Å². The Morgan fingerprint density at radius 1 is 1.00 bits per heavy atom. The molecular weight excluding hydrogens is 495 g/mol. The molecule has 0 bridgehead atoms. The van der Waals surface area contributed by atoms with Gasteiger partial charge in [0.2, 0.25) is 10.0 Å². The van der Waals surface area contributed by atoms with Crippen molar-refractivity contribution in [1.29, 1.82) is 0 Å². The van der Waals surface area contributed by atoms with Crippen molar-refractivity contribution in [2.24, 2.45) is 0 Å². The van der Waals surface area contributed by atoms with Crippen molar-refractivity contribution in [2.75, 3.05) is 13.1 Å². The summed E-state index contributed by atoms with van der Waals surface area (Å²) in [6.07, 6.45) is -1.16. The molecule has 2 atom stereocenters. The maximum absolute atomic E-state index is 13.9. The van der Waals surface area contributed by atoms with Gasteiger partial charge in [-0.25, -0.2) is 12.8 Å². The van der Waals surface area contributed by atoms with Gasteiger partial charge in [0.05, 0.1) is 23.6 Å². The first kappa shape index (κ1) is 28.2. The van der Waals surface area contributed by atoms with Crippen LogP contribution in [-0.2, 0) is 21.2 Å². The van der Waals surface area contributed by atoms with Gasteiger partial charge in [0.25, 0.3) is 5.91 Å². The number of nitrogens with zero attached hydrogens (tertiary/aromatic N) is 1. The second kappa shape index (κ2) is 12.2. The molecule has 1 amide bonds. The molecule has 3 rings (SSSR count). The Labute approximate surface area is 217 Å². The van der Waals surface area contributed by atoms with E-state index in [4.69, 9.17) is 0 Å². The van der Waals surface area contributed by atoms with Crippen molar-refractivity contribution in [2.45, 2.75) is 44.2 Å². The zero-order chi connectivity index (χ0) is 27.2. The van der Waals surface area contributed by atoms with Crippen LogP contribution in [0, 0.1) is 19.7 Å². The second-order valence-corrected chi connectivity index (χ2v) is 11.0. The number of Topliss-reactive ketones (excluding diaryl/α,β-unsaturated/α-hetero) is 1. The van der Waals surface area contributed by atoms with E-state index < -0.39 is 52.8 Å². The maximum atomic E-state index is 13.9. The van der Waals surface area contributed by atoms with E-state index in [9.17, 15) is 27.5 Å². The summed E-state index contributed by atoms with van der Waals surface area (Å²) in [4.78, 5) is 24.7. The predicted molar refractivity (Wildman–Crippen MR) is 139 cm³/mol. The number of rotatable bonds is 11. The van der Waals surface area contributed by atoms with E-state index in [1.807, 2.05) is 43.3 Å². The van der Waals surface area contributed by atoms with Crippen molar-refractivity contribution in [3.8, 4) is 0 Å². The normalized spacial score (nSPS) is 13.2. The number of hydrogen-bond donors (Lipinski definition) is 2. The van der Waals surface area contributed by atoms with Gasteiger partial charge in [-0.2, -0.15) is 4.31 Å². The number of sulfonamides is 1. The number of hydrogen-bond acceptors (Lipinski definition) is 5. The van der Waals surface area contributed by atoms with Gasteiger partial charge in [-0.05, 0) is 62.6 Å². The standard InChI is InChI=1S/C28H31FN2O5S/c1-19-8-7-11-23(14-19)28(34)30-25(15-22-9-5-4-6-10-22)26(33)18-31(17-21(3)32)37(35,36)27-16-24(29)13-12-20(27)2/h4-14,16,25-26,33H,15,17-18H2,1-3H3,(H,30,34). The molecule has 196 valence electrons. The van der Waals surface area contributed by atoms with Crippen LogP contribution in [0.15, 0.2) is 77.7 Å². The molecule has 0 aliphatic rings. The lowest BCUT2D eigenvalue weighted by molar-refractivity contribution is -0.117. The van der Waals surface area contributed by atoms with Gasteiger partial charge in [0, 0.05) is 12.1 Å². The molecule has 7 nitrogen and oxygen atoms in total. The number of carbonyl (C=O) groups is 2. The molecule has 0 saturated heterocycles. The highest BCUT2D eigenvalue weighted by molar-refractivity contribution is 7.89. The number of aliphatic hydroxyl groups excluding tert-OH is 1. The number of halogens is 1. The summed E-state index contributed by atoms with van der Waals surface area (Å²) in [5.74, 6) is -1.61. The molecule has 37 heavy (non-hydrogen) atoms. The number of aliphatic hydroxyl groups is 1. The van der Waals surface area contributed by atoms with Gasteiger partial charge >= 0.3 is 0 Å². The molecular formula is C28H31FN2O5S. The van der Waals surface area contributed by atoms with Crippen LogP contribution in [-0.4, -0.2) is 54.8 Å². The Morgan fingerprint density at radius 3 is 2.35 bits per heavy atom. The minimum atomic E-state index is -4.34. The summed E-state index contributed by atoms with van der Waals surface area (Å²) in [6.45, 7) is 3.61. The predicted octanol–water partition coefficient (Wildman–Crippen LogP) is 3.42. The molecule has 2 unspecified atom stereocenters. The summed E-state index contributed by atoms with van der Waals surface area (Å²) in [7, 11) is -4.34. The van der Waals surface area contributed by atoms with Crippen LogP contribution in [0.25, 0.3) is 0 Å². The second-order valence-electron chi connectivity index (χ2n) is 9.12. The van der Waals surface area contributed by atoms with Crippen molar-refractivity contribution in [1.82, 2.24) is 9.62 Å². The molecule has 3 aromatic rings. The topological polar surface area (TPSA) is 104 Å². The SMILES string of the molecule is CC(=O)CN(CC(O)C(Cc1ccccc1)NC(=O)c1cccc(C)c1)S(=O)(=O)c1cc(F)ccc1C. The van der Waals surface area contributed by atoms with Crippen LogP contribution in [0.3, 0.4) is 0 Å². The first-order valence-corrected chi connectivity index (χ1v) is 13.3. The van der Waals surface area contributed by atoms with Crippen molar-refractivity contribution in [3.05, 3.63) is 101 Å². The molecule has 0 radical (unpaired) electrons. The maximum Gasteiger partial charge on any atom is 0.251 e. The fourth-order valence-electron chi connectivity index (χ4n) is 4.01. The highest BCUT2D eigenvalue weighted by Crippen LogP contribution is 2.22. The Bertz CT molecular complexity index is 1360. The number of benzene rings is 3. The lowest BCUT2D eigenvalue weighted by atomic mass is 10.00. The molecule has 0 aromatic heterocycles. The summed E-state index contributed by atoms with van der Waals surface area (Å²) < 4.78 is 41.6. The van der Waals surface area contributed by atoms with Crippen LogP contribution in [0.1, 0.15) is 34.0 Å². The smallest absolute Gasteiger partial charge is 0.251 e. The zero-order valence-electron chi connectivity index (χ0n) is 21.0. The largest absolute Gasteiger partial charge is 0.390 e. The molecule has 3 aromatic carbocycles. The summed E-state index contributed by atoms with van der Waals surface area (Å²) in [5.41, 5.74) is 2.40. The van der Waals surface area contributed by atoms with E-state index >= 15 is 0 Å². The van der Waals surface area contributed by atoms with Crippen LogP contribution in [0.2, 0.25) is 0 Å². The fraction of sp³-hybridized carbons (Fsp3) is 0.286. The fourth-order valence-corrected chi connectivity index (χ4v) is 5.73. The van der Waals surface area contributed by atoms with Gasteiger partial charge in [-0.3, -0.25) is 9.59 Å². The molecule has 0 heterocycles. The Morgan fingerprint density at radius 2 is 1.70 bits per heavy atom. The molecule has 0 saturated carbocycles. The van der Waals surface area contributed by atoms with E-state index in [2.05, 4.69) is 5.32 Å². The summed E-state index contributed by atoms with van der Waals surface area (Å²) in [6, 6.07) is 18.6. The molecule has 2 N–H and O–H groups in total. The Kier molecular flexibility index (Phi) is 9.31. The van der Waals surface area contributed by atoms with Gasteiger partial charge in [0.1, 0.15) is 11.6 Å². The van der Waals surface area contributed by atoms with E-state index in [1.54, 1.807) is 18.2 Å². The summed E-state index contributed by atoms with van der Waals surface area (Å²) >= 11 is 0. The average molecular weight is 527 g/mol. The highest BCUT2D eigenvalue weighted by atomic mass is 32.2. The van der Waals surface area contributed by atoms with Crippen LogP contribution in [0.5, 0.6) is 0 Å². The monoisotopic (exact) mass is 526 g/mol. The number of aryl methyl sites for hydroxylation is 2. The number of amides is 1. The minimum absolute atomic E-state index is 0.215. The van der Waals surface area contributed by atoms with Crippen molar-refractivity contribution < 1.29 is 27.5 Å². The molecule has 0 aliphatic heterocycles. The summed E-state index contributed by atoms with van der Waals surface area (Å²) in [5, 5.41) is 14.1.